The molecule has 0 fully saturated rings. The quantitative estimate of drug-likeness (QED) is 0.492. The summed E-state index contributed by atoms with van der Waals surface area (Å²) < 4.78 is 27.9. The molecular weight excluding hydrogens is 412 g/mol. The molecule has 2 unspecified atom stereocenters. The lowest BCUT2D eigenvalue weighted by molar-refractivity contribution is -0.386. The molecule has 0 aromatic heterocycles. The lowest BCUT2D eigenvalue weighted by Crippen LogP contribution is -2.17. The van der Waals surface area contributed by atoms with E-state index < -0.39 is 22.1 Å². The maximum atomic E-state index is 11.6. The monoisotopic (exact) mass is 432 g/mol. The van der Waals surface area contributed by atoms with Gasteiger partial charge in [0.25, 0.3) is 11.4 Å². The van der Waals surface area contributed by atoms with Crippen LogP contribution < -0.4 is 18.9 Å². The van der Waals surface area contributed by atoms with E-state index in [-0.39, 0.29) is 22.5 Å². The molecule has 0 amide bonds. The minimum atomic E-state index is -0.765. The summed E-state index contributed by atoms with van der Waals surface area (Å²) in [6.07, 6.45) is -1.53. The molecule has 2 aromatic rings. The number of nitrogens with zero attached hydrogens (tertiary/aromatic N) is 2. The minimum absolute atomic E-state index is 0.180. The summed E-state index contributed by atoms with van der Waals surface area (Å²) in [5.74, 6) is 1.37. The molecule has 2 atom stereocenters. The van der Waals surface area contributed by atoms with Crippen LogP contribution in [0.1, 0.15) is 37.2 Å². The molecule has 0 spiro atoms. The van der Waals surface area contributed by atoms with Crippen molar-refractivity contribution in [1.29, 1.82) is 0 Å². The summed E-state index contributed by atoms with van der Waals surface area (Å²) in [5, 5.41) is 23.2. The Bertz CT molecular complexity index is 958. The second-order valence-corrected chi connectivity index (χ2v) is 7.04. The van der Waals surface area contributed by atoms with Gasteiger partial charge in [-0.2, -0.15) is 0 Å². The average Bonchev–Trinajstić information content (AvgIpc) is 2.77. The van der Waals surface area contributed by atoms with E-state index in [0.29, 0.717) is 49.4 Å². The number of rotatable bonds is 6. The van der Waals surface area contributed by atoms with Crippen molar-refractivity contribution in [3.05, 3.63) is 55.6 Å². The summed E-state index contributed by atoms with van der Waals surface area (Å²) in [6.45, 7) is 4.55. The third-order valence-corrected chi connectivity index (χ3v) is 5.06. The number of fused-ring (bicyclic) bond motifs is 2. The summed E-state index contributed by atoms with van der Waals surface area (Å²) in [4.78, 5) is 22.2. The van der Waals surface area contributed by atoms with Crippen molar-refractivity contribution < 1.29 is 33.5 Å². The van der Waals surface area contributed by atoms with E-state index >= 15 is 0 Å². The van der Waals surface area contributed by atoms with Gasteiger partial charge in [0, 0.05) is 0 Å². The second kappa shape index (κ2) is 8.26. The number of nitro groups is 2. The standard InChI is InChI=1S/C20H20N2O9/c1-11(13-7-17-19(29-5-3-27-17)9-15(13)21(23)24)31-12(2)14-8-18-20(30-6-4-28-18)10-16(14)22(25)26/h7-12H,3-6H2,1-2H3. The Labute approximate surface area is 176 Å². The van der Waals surface area contributed by atoms with Crippen molar-refractivity contribution in [2.24, 2.45) is 0 Å². The van der Waals surface area contributed by atoms with E-state index in [1.165, 1.54) is 24.3 Å². The Hall–Kier alpha value is -3.60. The molecule has 2 aliphatic rings. The van der Waals surface area contributed by atoms with Gasteiger partial charge in [0.1, 0.15) is 26.4 Å². The van der Waals surface area contributed by atoms with Crippen LogP contribution in [0.25, 0.3) is 0 Å². The summed E-state index contributed by atoms with van der Waals surface area (Å²) >= 11 is 0. The van der Waals surface area contributed by atoms with Crippen molar-refractivity contribution in [3.8, 4) is 23.0 Å². The molecule has 31 heavy (non-hydrogen) atoms. The summed E-state index contributed by atoms with van der Waals surface area (Å²) in [6, 6.07) is 5.65. The zero-order chi connectivity index (χ0) is 22.1. The first-order valence-corrected chi connectivity index (χ1v) is 9.66. The maximum absolute atomic E-state index is 11.6. The summed E-state index contributed by atoms with van der Waals surface area (Å²) in [5.41, 5.74) is 0.198. The fraction of sp³-hybridized carbons (Fsp3) is 0.400. The van der Waals surface area contributed by atoms with Crippen LogP contribution in [0.4, 0.5) is 11.4 Å². The Morgan fingerprint density at radius 2 is 1.03 bits per heavy atom. The molecule has 0 saturated heterocycles. The number of nitro benzene ring substituents is 2. The fourth-order valence-corrected chi connectivity index (χ4v) is 3.61. The van der Waals surface area contributed by atoms with E-state index in [0.717, 1.165) is 0 Å². The smallest absolute Gasteiger partial charge is 0.279 e. The first-order chi connectivity index (χ1) is 14.8. The molecule has 2 aromatic carbocycles. The number of ether oxygens (including phenoxy) is 5. The Morgan fingerprint density at radius 1 is 0.710 bits per heavy atom. The lowest BCUT2D eigenvalue weighted by Gasteiger charge is -2.24. The van der Waals surface area contributed by atoms with E-state index in [2.05, 4.69) is 0 Å². The van der Waals surface area contributed by atoms with Crippen molar-refractivity contribution in [2.75, 3.05) is 26.4 Å². The van der Waals surface area contributed by atoms with Crippen LogP contribution in [-0.4, -0.2) is 36.3 Å². The zero-order valence-corrected chi connectivity index (χ0v) is 16.9. The molecule has 0 aliphatic carbocycles. The molecule has 2 aliphatic heterocycles. The average molecular weight is 432 g/mol. The van der Waals surface area contributed by atoms with Crippen molar-refractivity contribution >= 4 is 11.4 Å². The molecule has 2 heterocycles. The molecule has 11 heteroatoms. The van der Waals surface area contributed by atoms with Crippen molar-refractivity contribution in [2.45, 2.75) is 26.1 Å². The van der Waals surface area contributed by atoms with E-state index in [1.807, 2.05) is 0 Å². The highest BCUT2D eigenvalue weighted by Gasteiger charge is 2.30. The summed E-state index contributed by atoms with van der Waals surface area (Å²) in [7, 11) is 0. The van der Waals surface area contributed by atoms with Gasteiger partial charge in [0.2, 0.25) is 0 Å². The van der Waals surface area contributed by atoms with Gasteiger partial charge in [0.15, 0.2) is 23.0 Å². The molecule has 11 nitrogen and oxygen atoms in total. The molecule has 0 bridgehead atoms. The Morgan fingerprint density at radius 3 is 1.35 bits per heavy atom. The normalized spacial score (nSPS) is 16.3. The van der Waals surface area contributed by atoms with Crippen molar-refractivity contribution in [3.63, 3.8) is 0 Å². The highest BCUT2D eigenvalue weighted by atomic mass is 16.6. The molecule has 164 valence electrons. The molecule has 0 radical (unpaired) electrons. The highest BCUT2D eigenvalue weighted by Crippen LogP contribution is 2.43. The van der Waals surface area contributed by atoms with E-state index in [1.54, 1.807) is 13.8 Å². The van der Waals surface area contributed by atoms with Gasteiger partial charge in [-0.05, 0) is 26.0 Å². The van der Waals surface area contributed by atoms with Gasteiger partial charge in [-0.15, -0.1) is 0 Å². The topological polar surface area (TPSA) is 132 Å². The van der Waals surface area contributed by atoms with Crippen LogP contribution >= 0.6 is 0 Å². The van der Waals surface area contributed by atoms with Gasteiger partial charge in [-0.3, -0.25) is 20.2 Å². The number of benzene rings is 2. The predicted octanol–water partition coefficient (Wildman–Crippen LogP) is 3.88. The third-order valence-electron chi connectivity index (χ3n) is 5.06. The maximum Gasteiger partial charge on any atom is 0.279 e. The van der Waals surface area contributed by atoms with Crippen LogP contribution in [0.2, 0.25) is 0 Å². The Kier molecular flexibility index (Phi) is 5.51. The number of hydrogen-bond acceptors (Lipinski definition) is 9. The van der Waals surface area contributed by atoms with Gasteiger partial charge in [-0.1, -0.05) is 0 Å². The molecule has 0 saturated carbocycles. The van der Waals surface area contributed by atoms with Crippen LogP contribution in [0.15, 0.2) is 24.3 Å². The zero-order valence-electron chi connectivity index (χ0n) is 16.9. The third kappa shape index (κ3) is 4.04. The first kappa shape index (κ1) is 20.7. The van der Waals surface area contributed by atoms with Gasteiger partial charge in [0.05, 0.1) is 45.3 Å². The molecular formula is C20H20N2O9. The number of hydrogen-bond donors (Lipinski definition) is 0. The van der Waals surface area contributed by atoms with Gasteiger partial charge < -0.3 is 23.7 Å². The fourth-order valence-electron chi connectivity index (χ4n) is 3.61. The lowest BCUT2D eigenvalue weighted by atomic mass is 10.0. The highest BCUT2D eigenvalue weighted by molar-refractivity contribution is 5.57. The van der Waals surface area contributed by atoms with Gasteiger partial charge >= 0.3 is 0 Å². The molecule has 4 rings (SSSR count). The van der Waals surface area contributed by atoms with Crippen LogP contribution in [-0.2, 0) is 4.74 Å². The van der Waals surface area contributed by atoms with Gasteiger partial charge in [-0.25, -0.2) is 0 Å². The van der Waals surface area contributed by atoms with E-state index in [4.69, 9.17) is 23.7 Å². The van der Waals surface area contributed by atoms with Crippen LogP contribution in [0.5, 0.6) is 23.0 Å². The van der Waals surface area contributed by atoms with Crippen LogP contribution in [0.3, 0.4) is 0 Å². The minimum Gasteiger partial charge on any atom is -0.486 e. The van der Waals surface area contributed by atoms with Crippen molar-refractivity contribution in [1.82, 2.24) is 0 Å². The second-order valence-electron chi connectivity index (χ2n) is 7.04. The molecule has 0 N–H and O–H groups in total. The van der Waals surface area contributed by atoms with Crippen LogP contribution in [0, 0.1) is 20.2 Å². The predicted molar refractivity (Wildman–Crippen MR) is 106 cm³/mol. The Balaban J connectivity index is 1.65. The van der Waals surface area contributed by atoms with E-state index in [9.17, 15) is 20.2 Å². The first-order valence-electron chi connectivity index (χ1n) is 9.66. The SMILES string of the molecule is CC(OC(C)c1cc2c(cc1[N+](=O)[O-])OCCO2)c1cc2c(cc1[N+](=O)[O-])OCCO2. The largest absolute Gasteiger partial charge is 0.486 e.